The third-order valence-corrected chi connectivity index (χ3v) is 5.42. The van der Waals surface area contributed by atoms with Gasteiger partial charge >= 0.3 is 0 Å². The Labute approximate surface area is 127 Å². The minimum atomic E-state index is -0.167. The van der Waals surface area contributed by atoms with Gasteiger partial charge in [-0.25, -0.2) is 0 Å². The molecule has 2 saturated heterocycles. The first-order valence-electron chi connectivity index (χ1n) is 8.29. The van der Waals surface area contributed by atoms with Crippen molar-refractivity contribution in [1.29, 1.82) is 0 Å². The monoisotopic (exact) mass is 292 g/mol. The van der Waals surface area contributed by atoms with Crippen LogP contribution in [0.5, 0.6) is 0 Å². The molecule has 1 aliphatic carbocycles. The Morgan fingerprint density at radius 1 is 1.00 bits per heavy atom. The van der Waals surface area contributed by atoms with E-state index in [1.807, 2.05) is 4.90 Å². The zero-order valence-electron chi connectivity index (χ0n) is 13.8. The van der Waals surface area contributed by atoms with Crippen LogP contribution >= 0.6 is 0 Å². The summed E-state index contributed by atoms with van der Waals surface area (Å²) in [6.45, 7) is 10.2. The van der Waals surface area contributed by atoms with Crippen molar-refractivity contribution < 1.29 is 9.59 Å². The lowest BCUT2D eigenvalue weighted by Gasteiger charge is -2.50. The molecule has 0 radical (unpaired) electrons. The molecule has 3 rings (SSSR count). The Morgan fingerprint density at radius 3 is 2.24 bits per heavy atom. The molecule has 2 heterocycles. The summed E-state index contributed by atoms with van der Waals surface area (Å²) in [6, 6.07) is 0.0577. The predicted molar refractivity (Wildman–Crippen MR) is 81.6 cm³/mol. The van der Waals surface area contributed by atoms with Crippen LogP contribution in [0.25, 0.3) is 0 Å². The maximum Gasteiger partial charge on any atom is 0.246 e. The molecular weight excluding hydrogens is 264 g/mol. The number of amides is 2. The fourth-order valence-corrected chi connectivity index (χ4v) is 5.14. The summed E-state index contributed by atoms with van der Waals surface area (Å²) in [7, 11) is 0. The summed E-state index contributed by atoms with van der Waals surface area (Å²) in [5.41, 5.74) is 0.477. The van der Waals surface area contributed by atoms with E-state index in [9.17, 15) is 9.59 Å². The van der Waals surface area contributed by atoms with Gasteiger partial charge in [0.2, 0.25) is 11.8 Å². The fourth-order valence-electron chi connectivity index (χ4n) is 5.14. The lowest BCUT2D eigenvalue weighted by molar-refractivity contribution is -0.158. The first kappa shape index (κ1) is 14.9. The summed E-state index contributed by atoms with van der Waals surface area (Å²) in [6.07, 6.45) is 5.03. The third-order valence-electron chi connectivity index (χ3n) is 5.42. The smallest absolute Gasteiger partial charge is 0.246 e. The molecular formula is C17H28N2O2. The molecule has 1 saturated carbocycles. The van der Waals surface area contributed by atoms with Crippen LogP contribution in [0.4, 0.5) is 0 Å². The lowest BCUT2D eigenvalue weighted by Crippen LogP contribution is -2.61. The molecule has 0 aromatic heterocycles. The van der Waals surface area contributed by atoms with Gasteiger partial charge in [0.15, 0.2) is 0 Å². The van der Waals surface area contributed by atoms with E-state index >= 15 is 0 Å². The summed E-state index contributed by atoms with van der Waals surface area (Å²) >= 11 is 0. The van der Waals surface area contributed by atoms with Crippen LogP contribution in [-0.2, 0) is 9.59 Å². The Balaban J connectivity index is 1.82. The minimum Gasteiger partial charge on any atom is -0.329 e. The predicted octanol–water partition coefficient (Wildman–Crippen LogP) is 2.42. The number of hydrogen-bond donors (Lipinski definition) is 0. The molecule has 21 heavy (non-hydrogen) atoms. The van der Waals surface area contributed by atoms with E-state index in [1.165, 1.54) is 6.42 Å². The maximum atomic E-state index is 12.8. The second-order valence-electron chi connectivity index (χ2n) is 8.78. The van der Waals surface area contributed by atoms with Crippen molar-refractivity contribution in [1.82, 2.24) is 9.80 Å². The Kier molecular flexibility index (Phi) is 3.34. The number of fused-ring (bicyclic) bond motifs is 1. The molecule has 4 heteroatoms. The molecule has 0 N–H and O–H groups in total. The average molecular weight is 292 g/mol. The number of carbonyl (C=O) groups excluding carboxylic acids is 2. The zero-order chi connectivity index (χ0) is 15.4. The van der Waals surface area contributed by atoms with E-state index in [0.717, 1.165) is 32.2 Å². The molecule has 2 amide bonds. The van der Waals surface area contributed by atoms with Gasteiger partial charge in [-0.2, -0.15) is 0 Å². The summed E-state index contributed by atoms with van der Waals surface area (Å²) < 4.78 is 0. The number of piperazine rings is 1. The highest BCUT2D eigenvalue weighted by Crippen LogP contribution is 2.47. The Hall–Kier alpha value is -1.06. The summed E-state index contributed by atoms with van der Waals surface area (Å²) in [5.74, 6) is 0.351. The van der Waals surface area contributed by atoms with Crippen LogP contribution in [0.15, 0.2) is 0 Å². The first-order chi connectivity index (χ1) is 9.69. The lowest BCUT2D eigenvalue weighted by atomic mass is 9.63. The van der Waals surface area contributed by atoms with Crippen molar-refractivity contribution >= 4 is 11.8 Å². The van der Waals surface area contributed by atoms with E-state index in [4.69, 9.17) is 0 Å². The van der Waals surface area contributed by atoms with Crippen LogP contribution < -0.4 is 0 Å². The van der Waals surface area contributed by atoms with Crippen LogP contribution in [0.3, 0.4) is 0 Å². The molecule has 0 aromatic carbocycles. The molecule has 1 atom stereocenters. The average Bonchev–Trinajstić information content (AvgIpc) is 2.79. The highest BCUT2D eigenvalue weighted by molar-refractivity contribution is 5.95. The number of nitrogens with zero attached hydrogens (tertiary/aromatic N) is 2. The second-order valence-corrected chi connectivity index (χ2v) is 8.78. The van der Waals surface area contributed by atoms with Gasteiger partial charge in [0.05, 0.1) is 0 Å². The van der Waals surface area contributed by atoms with Crippen molar-refractivity contribution in [2.45, 2.75) is 71.9 Å². The van der Waals surface area contributed by atoms with E-state index in [-0.39, 0.29) is 34.7 Å². The second kappa shape index (κ2) is 4.72. The molecule has 118 valence electrons. The number of rotatable bonds is 1. The maximum absolute atomic E-state index is 12.8. The Bertz CT molecular complexity index is 453. The van der Waals surface area contributed by atoms with Crippen molar-refractivity contribution in [2.24, 2.45) is 10.8 Å². The largest absolute Gasteiger partial charge is 0.329 e. The van der Waals surface area contributed by atoms with Gasteiger partial charge in [-0.15, -0.1) is 0 Å². The van der Waals surface area contributed by atoms with Crippen molar-refractivity contribution in [3.05, 3.63) is 0 Å². The molecule has 0 spiro atoms. The summed E-state index contributed by atoms with van der Waals surface area (Å²) in [4.78, 5) is 28.9. The molecule has 0 bridgehead atoms. The first-order valence-corrected chi connectivity index (χ1v) is 8.29. The van der Waals surface area contributed by atoms with E-state index in [2.05, 4.69) is 27.7 Å². The Morgan fingerprint density at radius 2 is 1.62 bits per heavy atom. The van der Waals surface area contributed by atoms with Crippen LogP contribution in [-0.4, -0.2) is 46.8 Å². The molecule has 1 unspecified atom stereocenters. The topological polar surface area (TPSA) is 40.6 Å². The van der Waals surface area contributed by atoms with Gasteiger partial charge in [0.1, 0.15) is 12.6 Å². The van der Waals surface area contributed by atoms with Crippen molar-refractivity contribution in [3.8, 4) is 0 Å². The van der Waals surface area contributed by atoms with Gasteiger partial charge in [0.25, 0.3) is 0 Å². The summed E-state index contributed by atoms with van der Waals surface area (Å²) in [5, 5.41) is 0. The van der Waals surface area contributed by atoms with E-state index < -0.39 is 0 Å². The van der Waals surface area contributed by atoms with Crippen LogP contribution in [0, 0.1) is 10.8 Å². The van der Waals surface area contributed by atoms with Crippen molar-refractivity contribution in [2.75, 3.05) is 13.1 Å². The van der Waals surface area contributed by atoms with Crippen LogP contribution in [0.2, 0.25) is 0 Å². The SMILES string of the molecule is CC1(C)CC(N2CC(=O)N3CCCC3C2=O)CC(C)(C)C1. The fraction of sp³-hybridized carbons (Fsp3) is 0.882. The molecule has 0 aromatic rings. The minimum absolute atomic E-state index is 0.151. The number of carbonyl (C=O) groups is 2. The van der Waals surface area contributed by atoms with Gasteiger partial charge < -0.3 is 9.80 Å². The highest BCUT2D eigenvalue weighted by atomic mass is 16.2. The zero-order valence-corrected chi connectivity index (χ0v) is 13.8. The van der Waals surface area contributed by atoms with Gasteiger partial charge in [-0.3, -0.25) is 9.59 Å². The van der Waals surface area contributed by atoms with Gasteiger partial charge in [-0.05, 0) is 42.9 Å². The number of hydrogen-bond acceptors (Lipinski definition) is 2. The standard InChI is InChI=1S/C17H28N2O2/c1-16(2)8-12(9-17(3,4)11-16)19-10-14(20)18-7-5-6-13(18)15(19)21/h12-13H,5-11H2,1-4H3. The highest BCUT2D eigenvalue weighted by Gasteiger charge is 2.48. The quantitative estimate of drug-likeness (QED) is 0.745. The van der Waals surface area contributed by atoms with E-state index in [0.29, 0.717) is 6.54 Å². The van der Waals surface area contributed by atoms with Crippen molar-refractivity contribution in [3.63, 3.8) is 0 Å². The third kappa shape index (κ3) is 2.69. The van der Waals surface area contributed by atoms with E-state index in [1.54, 1.807) is 4.90 Å². The normalized spacial score (nSPS) is 32.5. The van der Waals surface area contributed by atoms with Gasteiger partial charge in [-0.1, -0.05) is 27.7 Å². The van der Waals surface area contributed by atoms with Gasteiger partial charge in [0, 0.05) is 12.6 Å². The molecule has 3 aliphatic rings. The molecule has 4 nitrogen and oxygen atoms in total. The molecule has 2 aliphatic heterocycles. The molecule has 3 fully saturated rings. The van der Waals surface area contributed by atoms with Crippen LogP contribution in [0.1, 0.15) is 59.8 Å².